The number of nitrogens with zero attached hydrogens (tertiary/aromatic N) is 1. The van der Waals surface area contributed by atoms with Crippen LogP contribution in [0.1, 0.15) is 29.3 Å². The quantitative estimate of drug-likeness (QED) is 0.633. The maximum absolute atomic E-state index is 11.2. The van der Waals surface area contributed by atoms with Gasteiger partial charge in [0.15, 0.2) is 6.61 Å². The van der Waals surface area contributed by atoms with Crippen LogP contribution in [0.3, 0.4) is 0 Å². The number of aliphatic hydroxyl groups excluding tert-OH is 1. The summed E-state index contributed by atoms with van der Waals surface area (Å²) in [5.41, 5.74) is 1.88. The van der Waals surface area contributed by atoms with Crippen LogP contribution >= 0.6 is 11.3 Å². The minimum atomic E-state index is -0.590. The van der Waals surface area contributed by atoms with Crippen LogP contribution in [-0.2, 0) is 11.2 Å². The van der Waals surface area contributed by atoms with Gasteiger partial charge < -0.3 is 20.5 Å². The molecule has 2 rings (SSSR count). The number of nitrogens with one attached hydrogen (secondary N) is 2. The van der Waals surface area contributed by atoms with Gasteiger partial charge in [-0.1, -0.05) is 12.1 Å². The first-order chi connectivity index (χ1) is 12.0. The van der Waals surface area contributed by atoms with E-state index in [0.29, 0.717) is 12.3 Å². The second-order valence-electron chi connectivity index (χ2n) is 5.93. The molecule has 3 N–H and O–H groups in total. The third kappa shape index (κ3) is 6.45. The second-order valence-corrected chi connectivity index (χ2v) is 6.99. The number of hydrogen-bond donors (Lipinski definition) is 3. The molecule has 1 amide bonds. The zero-order valence-corrected chi connectivity index (χ0v) is 15.6. The molecule has 0 saturated heterocycles. The van der Waals surface area contributed by atoms with Gasteiger partial charge in [-0.2, -0.15) is 0 Å². The van der Waals surface area contributed by atoms with Crippen LogP contribution in [0.2, 0.25) is 0 Å². The summed E-state index contributed by atoms with van der Waals surface area (Å²) in [5, 5.41) is 18.8. The Morgan fingerprint density at radius 2 is 2.08 bits per heavy atom. The first-order valence-corrected chi connectivity index (χ1v) is 9.11. The number of benzene rings is 1. The van der Waals surface area contributed by atoms with E-state index in [-0.39, 0.29) is 18.6 Å². The van der Waals surface area contributed by atoms with Crippen molar-refractivity contribution in [2.75, 3.05) is 20.2 Å². The van der Waals surface area contributed by atoms with E-state index in [0.717, 1.165) is 22.7 Å². The molecule has 25 heavy (non-hydrogen) atoms. The predicted molar refractivity (Wildman–Crippen MR) is 99.0 cm³/mol. The molecular formula is C18H25N3O3S. The van der Waals surface area contributed by atoms with E-state index in [2.05, 4.69) is 22.5 Å². The van der Waals surface area contributed by atoms with Crippen LogP contribution in [0.4, 0.5) is 0 Å². The molecule has 1 aromatic carbocycles. The lowest BCUT2D eigenvalue weighted by Gasteiger charge is -2.16. The van der Waals surface area contributed by atoms with Crippen LogP contribution in [0, 0.1) is 6.92 Å². The smallest absolute Gasteiger partial charge is 0.257 e. The number of thiazole rings is 1. The van der Waals surface area contributed by atoms with E-state index in [4.69, 9.17) is 4.74 Å². The van der Waals surface area contributed by atoms with Crippen LogP contribution in [-0.4, -0.2) is 42.2 Å². The molecule has 0 fully saturated rings. The van der Waals surface area contributed by atoms with Gasteiger partial charge in [-0.3, -0.25) is 4.79 Å². The first kappa shape index (κ1) is 19.4. The minimum absolute atomic E-state index is 0.0157. The van der Waals surface area contributed by atoms with E-state index in [1.165, 1.54) is 0 Å². The molecule has 0 bridgehead atoms. The van der Waals surface area contributed by atoms with Gasteiger partial charge in [0.25, 0.3) is 5.91 Å². The van der Waals surface area contributed by atoms with Crippen molar-refractivity contribution in [3.63, 3.8) is 0 Å². The Balaban J connectivity index is 1.76. The van der Waals surface area contributed by atoms with Crippen molar-refractivity contribution >= 4 is 17.2 Å². The van der Waals surface area contributed by atoms with E-state index < -0.39 is 6.10 Å². The number of likely N-dealkylation sites (N-methyl/N-ethyl adjacent to an activating group) is 1. The number of aromatic nitrogens is 1. The van der Waals surface area contributed by atoms with Gasteiger partial charge in [-0.15, -0.1) is 11.3 Å². The molecule has 7 heteroatoms. The average molecular weight is 363 g/mol. The first-order valence-electron chi connectivity index (χ1n) is 8.23. The average Bonchev–Trinajstić information content (AvgIpc) is 3.05. The predicted octanol–water partition coefficient (Wildman–Crippen LogP) is 1.83. The summed E-state index contributed by atoms with van der Waals surface area (Å²) in [5.74, 6) is 0.512. The number of carbonyl (C=O) groups excluding carboxylic acids is 1. The molecule has 0 radical (unpaired) electrons. The molecule has 1 aromatic heterocycles. The van der Waals surface area contributed by atoms with Crippen LogP contribution in [0.15, 0.2) is 29.6 Å². The number of amides is 1. The maximum Gasteiger partial charge on any atom is 0.257 e. The second kappa shape index (κ2) is 9.50. The number of aliphatic hydroxyl groups is 1. The fourth-order valence-electron chi connectivity index (χ4n) is 2.32. The Bertz CT molecular complexity index is 672. The van der Waals surface area contributed by atoms with Gasteiger partial charge in [0.1, 0.15) is 11.9 Å². The molecular weight excluding hydrogens is 338 g/mol. The Morgan fingerprint density at radius 3 is 2.68 bits per heavy atom. The zero-order valence-electron chi connectivity index (χ0n) is 14.8. The minimum Gasteiger partial charge on any atom is -0.484 e. The highest BCUT2D eigenvalue weighted by Gasteiger charge is 2.12. The summed E-state index contributed by atoms with van der Waals surface area (Å²) in [7, 11) is 1.58. The summed E-state index contributed by atoms with van der Waals surface area (Å²) in [6.07, 6.45) is 0.242. The highest BCUT2D eigenvalue weighted by atomic mass is 32.1. The van der Waals surface area contributed by atoms with Crippen molar-refractivity contribution in [3.8, 4) is 5.75 Å². The lowest BCUT2D eigenvalue weighted by molar-refractivity contribution is -0.122. The monoisotopic (exact) mass is 363 g/mol. The Morgan fingerprint density at radius 1 is 1.36 bits per heavy atom. The summed E-state index contributed by atoms with van der Waals surface area (Å²) in [6.45, 7) is 4.49. The largest absolute Gasteiger partial charge is 0.484 e. The van der Waals surface area contributed by atoms with Gasteiger partial charge >= 0.3 is 0 Å². The van der Waals surface area contributed by atoms with Crippen molar-refractivity contribution in [1.29, 1.82) is 0 Å². The van der Waals surface area contributed by atoms with E-state index >= 15 is 0 Å². The third-order valence-electron chi connectivity index (χ3n) is 3.75. The van der Waals surface area contributed by atoms with Gasteiger partial charge in [-0.25, -0.2) is 4.98 Å². The van der Waals surface area contributed by atoms with Crippen LogP contribution < -0.4 is 15.4 Å². The van der Waals surface area contributed by atoms with Gasteiger partial charge in [0, 0.05) is 25.0 Å². The molecule has 2 aromatic rings. The maximum atomic E-state index is 11.2. The van der Waals surface area contributed by atoms with Gasteiger partial charge in [0.05, 0.1) is 10.7 Å². The molecule has 0 aliphatic heterocycles. The molecule has 6 nitrogen and oxygen atoms in total. The lowest BCUT2D eigenvalue weighted by Crippen LogP contribution is -2.32. The number of hydrogen-bond acceptors (Lipinski definition) is 6. The van der Waals surface area contributed by atoms with Gasteiger partial charge in [-0.05, 0) is 38.0 Å². The number of aryl methyl sites for hydroxylation is 1. The number of ether oxygens (including phenoxy) is 1. The van der Waals surface area contributed by atoms with Crippen LogP contribution in [0.5, 0.6) is 5.75 Å². The van der Waals surface area contributed by atoms with Crippen molar-refractivity contribution in [2.24, 2.45) is 0 Å². The molecule has 136 valence electrons. The third-order valence-corrected chi connectivity index (χ3v) is 4.54. The Kier molecular flexibility index (Phi) is 7.36. The molecule has 1 heterocycles. The normalized spacial score (nSPS) is 13.3. The molecule has 2 atom stereocenters. The number of carbonyl (C=O) groups is 1. The lowest BCUT2D eigenvalue weighted by atomic mass is 10.1. The summed E-state index contributed by atoms with van der Waals surface area (Å²) >= 11 is 1.54. The Labute approximate surface area is 152 Å². The fraction of sp³-hybridized carbons (Fsp3) is 0.444. The highest BCUT2D eigenvalue weighted by Crippen LogP contribution is 2.16. The SMILES string of the molecule is CNC(=O)COc1ccc(CC(C)NCC(O)c2csc(C)n2)cc1. The summed E-state index contributed by atoms with van der Waals surface area (Å²) in [6, 6.07) is 7.90. The zero-order chi connectivity index (χ0) is 18.2. The van der Waals surface area contributed by atoms with Gasteiger partial charge in [0.2, 0.25) is 0 Å². The highest BCUT2D eigenvalue weighted by molar-refractivity contribution is 7.09. The standard InChI is InChI=1S/C18H25N3O3S/c1-12(20-9-17(22)16-11-25-13(2)21-16)8-14-4-6-15(7-5-14)24-10-18(23)19-3/h4-7,11-12,17,20,22H,8-10H2,1-3H3,(H,19,23). The van der Waals surface area contributed by atoms with E-state index in [1.807, 2.05) is 36.6 Å². The number of rotatable bonds is 9. The summed E-state index contributed by atoms with van der Waals surface area (Å²) < 4.78 is 5.38. The molecule has 0 spiro atoms. The van der Waals surface area contributed by atoms with Crippen molar-refractivity contribution in [2.45, 2.75) is 32.4 Å². The van der Waals surface area contributed by atoms with Crippen molar-refractivity contribution < 1.29 is 14.6 Å². The molecule has 0 aliphatic carbocycles. The molecule has 0 aliphatic rings. The topological polar surface area (TPSA) is 83.5 Å². The van der Waals surface area contributed by atoms with Crippen LogP contribution in [0.25, 0.3) is 0 Å². The molecule has 0 saturated carbocycles. The van der Waals surface area contributed by atoms with E-state index in [1.54, 1.807) is 18.4 Å². The van der Waals surface area contributed by atoms with E-state index in [9.17, 15) is 9.90 Å². The molecule has 2 unspecified atom stereocenters. The fourth-order valence-corrected chi connectivity index (χ4v) is 2.98. The van der Waals surface area contributed by atoms with Crippen molar-refractivity contribution in [3.05, 3.63) is 45.9 Å². The van der Waals surface area contributed by atoms with Crippen molar-refractivity contribution in [1.82, 2.24) is 15.6 Å². The summed E-state index contributed by atoms with van der Waals surface area (Å²) in [4.78, 5) is 15.5. The Hall–Kier alpha value is -1.96.